The molecular weight excluding hydrogens is 448 g/mol. The molecule has 1 amide bonds. The van der Waals surface area contributed by atoms with Crippen molar-refractivity contribution in [2.24, 2.45) is 0 Å². The van der Waals surface area contributed by atoms with E-state index in [2.05, 4.69) is 10.6 Å². The second-order valence-corrected chi connectivity index (χ2v) is 8.41. The quantitative estimate of drug-likeness (QED) is 0.368. The van der Waals surface area contributed by atoms with Crippen molar-refractivity contribution in [2.75, 3.05) is 11.9 Å². The van der Waals surface area contributed by atoms with Crippen LogP contribution in [0.25, 0.3) is 0 Å². The van der Waals surface area contributed by atoms with Crippen molar-refractivity contribution in [3.63, 3.8) is 0 Å². The van der Waals surface area contributed by atoms with Crippen LogP contribution >= 0.6 is 0 Å². The maximum Gasteiger partial charge on any atom is 0.341 e. The molecule has 3 aromatic rings. The number of aliphatic hydroxyl groups is 1. The lowest BCUT2D eigenvalue weighted by atomic mass is 9.87. The van der Waals surface area contributed by atoms with Crippen LogP contribution in [0.4, 0.5) is 5.69 Å². The molecule has 4 rings (SSSR count). The molecule has 0 bridgehead atoms. The van der Waals surface area contributed by atoms with Gasteiger partial charge in [-0.25, -0.2) is 4.79 Å². The number of para-hydroxylation sites is 1. The van der Waals surface area contributed by atoms with E-state index in [0.717, 1.165) is 24.3 Å². The largest absolute Gasteiger partial charge is 0.482 e. The molecule has 182 valence electrons. The summed E-state index contributed by atoms with van der Waals surface area (Å²) < 4.78 is 11.0. The molecule has 1 saturated carbocycles. The molecular formula is C27H28N2O6. The van der Waals surface area contributed by atoms with E-state index in [-0.39, 0.29) is 11.9 Å². The number of aliphatic hydroxyl groups excluding tert-OH is 1. The molecule has 3 atom stereocenters. The minimum absolute atomic E-state index is 0.244. The maximum atomic E-state index is 12.8. The molecule has 0 spiro atoms. The van der Waals surface area contributed by atoms with Crippen molar-refractivity contribution < 1.29 is 29.3 Å². The minimum atomic E-state index is -1.10. The van der Waals surface area contributed by atoms with Crippen molar-refractivity contribution in [3.8, 4) is 17.2 Å². The molecule has 8 heteroatoms. The van der Waals surface area contributed by atoms with Gasteiger partial charge in [0.1, 0.15) is 17.2 Å². The van der Waals surface area contributed by atoms with Crippen molar-refractivity contribution in [2.45, 2.75) is 37.5 Å². The van der Waals surface area contributed by atoms with Crippen LogP contribution in [-0.4, -0.2) is 46.9 Å². The van der Waals surface area contributed by atoms with Crippen molar-refractivity contribution >= 4 is 17.6 Å². The number of amides is 1. The third-order valence-corrected chi connectivity index (χ3v) is 5.79. The Morgan fingerprint density at radius 3 is 2.37 bits per heavy atom. The Kier molecular flexibility index (Phi) is 7.84. The number of anilines is 1. The zero-order chi connectivity index (χ0) is 24.6. The number of aliphatic carboxylic acids is 1. The normalized spacial score (nSPS) is 19.4. The fourth-order valence-electron chi connectivity index (χ4n) is 4.11. The first-order valence-electron chi connectivity index (χ1n) is 11.5. The van der Waals surface area contributed by atoms with Crippen LogP contribution in [0.15, 0.2) is 78.9 Å². The van der Waals surface area contributed by atoms with Crippen LogP contribution in [0.1, 0.15) is 29.6 Å². The summed E-state index contributed by atoms with van der Waals surface area (Å²) in [5.74, 6) is 0.264. The van der Waals surface area contributed by atoms with E-state index in [1.165, 1.54) is 6.07 Å². The lowest BCUT2D eigenvalue weighted by Gasteiger charge is -2.36. The molecule has 0 aliphatic heterocycles. The van der Waals surface area contributed by atoms with Crippen LogP contribution in [0.2, 0.25) is 0 Å². The van der Waals surface area contributed by atoms with Gasteiger partial charge in [0.05, 0.1) is 18.2 Å². The molecule has 8 nitrogen and oxygen atoms in total. The van der Waals surface area contributed by atoms with Gasteiger partial charge in [-0.3, -0.25) is 4.79 Å². The summed E-state index contributed by atoms with van der Waals surface area (Å²) >= 11 is 0. The predicted molar refractivity (Wildman–Crippen MR) is 131 cm³/mol. The van der Waals surface area contributed by atoms with Gasteiger partial charge in [-0.15, -0.1) is 0 Å². The summed E-state index contributed by atoms with van der Waals surface area (Å²) in [5, 5.41) is 26.0. The molecule has 1 aliphatic rings. The molecule has 35 heavy (non-hydrogen) atoms. The summed E-state index contributed by atoms with van der Waals surface area (Å²) in [4.78, 5) is 23.5. The lowest BCUT2D eigenvalue weighted by Crippen LogP contribution is -2.53. The van der Waals surface area contributed by atoms with Crippen molar-refractivity contribution in [3.05, 3.63) is 84.4 Å². The minimum Gasteiger partial charge on any atom is -0.482 e. The third kappa shape index (κ3) is 6.74. The Morgan fingerprint density at radius 1 is 0.857 bits per heavy atom. The van der Waals surface area contributed by atoms with Crippen LogP contribution < -0.4 is 20.1 Å². The van der Waals surface area contributed by atoms with E-state index in [0.29, 0.717) is 23.5 Å². The van der Waals surface area contributed by atoms with E-state index in [1.807, 2.05) is 54.6 Å². The first-order valence-corrected chi connectivity index (χ1v) is 11.5. The van der Waals surface area contributed by atoms with Crippen molar-refractivity contribution in [1.82, 2.24) is 5.32 Å². The highest BCUT2D eigenvalue weighted by atomic mass is 16.5. The average molecular weight is 477 g/mol. The van der Waals surface area contributed by atoms with E-state index in [4.69, 9.17) is 14.6 Å². The highest BCUT2D eigenvalue weighted by molar-refractivity contribution is 5.94. The Morgan fingerprint density at radius 2 is 1.57 bits per heavy atom. The highest BCUT2D eigenvalue weighted by Crippen LogP contribution is 2.27. The Bertz CT molecular complexity index is 1150. The predicted octanol–water partition coefficient (Wildman–Crippen LogP) is 4.07. The van der Waals surface area contributed by atoms with Crippen LogP contribution in [0.3, 0.4) is 0 Å². The molecule has 3 aromatic carbocycles. The summed E-state index contributed by atoms with van der Waals surface area (Å²) in [7, 11) is 0. The first kappa shape index (κ1) is 24.1. The van der Waals surface area contributed by atoms with E-state index in [9.17, 15) is 14.7 Å². The molecule has 0 unspecified atom stereocenters. The Hall–Kier alpha value is -4.04. The van der Waals surface area contributed by atoms with Gasteiger partial charge in [-0.05, 0) is 61.7 Å². The zero-order valence-electron chi connectivity index (χ0n) is 19.1. The zero-order valence-corrected chi connectivity index (χ0v) is 19.1. The maximum absolute atomic E-state index is 12.8. The number of nitrogens with one attached hydrogen (secondary N) is 2. The van der Waals surface area contributed by atoms with Gasteiger partial charge in [0.2, 0.25) is 0 Å². The fourth-order valence-corrected chi connectivity index (χ4v) is 4.11. The second kappa shape index (κ2) is 11.4. The molecule has 0 heterocycles. The monoisotopic (exact) mass is 476 g/mol. The number of carboxylic acid groups (broad SMARTS) is 1. The number of carboxylic acids is 1. The Balaban J connectivity index is 1.37. The molecule has 1 fully saturated rings. The standard InChI is InChI=1S/C27H28N2O6/c30-25(31)17-34-21-11-4-7-18(15-21)27(33)29-24-14-6-13-23(26(24)32)28-19-8-5-12-22(16-19)35-20-9-2-1-3-10-20/h1-5,7-12,15-16,23-24,26,28,32H,6,13-14,17H2,(H,29,33)(H,30,31)/t23-,24-,26+/m1/s1. The van der Waals surface area contributed by atoms with E-state index in [1.54, 1.807) is 18.2 Å². The van der Waals surface area contributed by atoms with E-state index < -0.39 is 24.7 Å². The van der Waals surface area contributed by atoms with Gasteiger partial charge in [0.25, 0.3) is 5.91 Å². The smallest absolute Gasteiger partial charge is 0.341 e. The number of carbonyl (C=O) groups is 2. The van der Waals surface area contributed by atoms with Gasteiger partial charge in [0, 0.05) is 17.3 Å². The molecule has 0 radical (unpaired) electrons. The summed E-state index contributed by atoms with van der Waals surface area (Å²) in [6.45, 7) is -0.489. The molecule has 0 aromatic heterocycles. The molecule has 0 saturated heterocycles. The number of benzene rings is 3. The summed E-state index contributed by atoms with van der Waals surface area (Å²) in [6, 6.07) is 22.7. The van der Waals surface area contributed by atoms with E-state index >= 15 is 0 Å². The fraction of sp³-hybridized carbons (Fsp3) is 0.259. The lowest BCUT2D eigenvalue weighted by molar-refractivity contribution is -0.139. The van der Waals surface area contributed by atoms with Gasteiger partial charge in [0.15, 0.2) is 6.61 Å². The van der Waals surface area contributed by atoms with Gasteiger partial charge < -0.3 is 30.3 Å². The number of hydrogen-bond acceptors (Lipinski definition) is 6. The first-order chi connectivity index (χ1) is 17.0. The molecule has 1 aliphatic carbocycles. The van der Waals surface area contributed by atoms with Crippen LogP contribution in [0, 0.1) is 0 Å². The van der Waals surface area contributed by atoms with Crippen LogP contribution in [-0.2, 0) is 4.79 Å². The van der Waals surface area contributed by atoms with Gasteiger partial charge in [-0.2, -0.15) is 0 Å². The van der Waals surface area contributed by atoms with Crippen molar-refractivity contribution in [1.29, 1.82) is 0 Å². The number of hydrogen-bond donors (Lipinski definition) is 4. The summed E-state index contributed by atoms with van der Waals surface area (Å²) in [6.07, 6.45) is 1.45. The van der Waals surface area contributed by atoms with Crippen LogP contribution in [0.5, 0.6) is 17.2 Å². The highest BCUT2D eigenvalue weighted by Gasteiger charge is 2.33. The Labute approximate surface area is 203 Å². The topological polar surface area (TPSA) is 117 Å². The average Bonchev–Trinajstić information content (AvgIpc) is 2.86. The van der Waals surface area contributed by atoms with Gasteiger partial charge >= 0.3 is 5.97 Å². The van der Waals surface area contributed by atoms with Gasteiger partial charge in [-0.1, -0.05) is 30.3 Å². The number of ether oxygens (including phenoxy) is 2. The number of rotatable bonds is 9. The molecule has 4 N–H and O–H groups in total. The second-order valence-electron chi connectivity index (χ2n) is 8.41. The summed E-state index contributed by atoms with van der Waals surface area (Å²) in [5.41, 5.74) is 1.15. The third-order valence-electron chi connectivity index (χ3n) is 5.79. The number of carbonyl (C=O) groups excluding carboxylic acids is 1. The SMILES string of the molecule is O=C(O)COc1cccc(C(=O)N[C@@H]2CCC[C@@H](Nc3cccc(Oc4ccccc4)c3)[C@@H]2O)c1.